The molecule has 0 atom stereocenters. The van der Waals surface area contributed by atoms with Crippen LogP contribution in [0.5, 0.6) is 0 Å². The highest BCUT2D eigenvalue weighted by molar-refractivity contribution is 5.50. The molecule has 0 unspecified atom stereocenters. The number of likely N-dealkylation sites (N-methyl/N-ethyl adjacent to an activating group) is 1. The number of hydrogen-bond acceptors (Lipinski definition) is 7. The predicted molar refractivity (Wildman–Crippen MR) is 93.9 cm³/mol. The summed E-state index contributed by atoms with van der Waals surface area (Å²) in [5.74, 6) is 1.93. The monoisotopic (exact) mass is 338 g/mol. The smallest absolute Gasteiger partial charge is 0.151 e. The Kier molecular flexibility index (Phi) is 3.55. The van der Waals surface area contributed by atoms with Crippen LogP contribution in [0.1, 0.15) is 28.9 Å². The standard InChI is InChI=1S/C18H22N6O/c1-23(17-8-13-11-25-6-5-16(13)20-21-17)14-9-24(10-14)18-7-12-3-2-4-15(12)19-22-18/h7-8,14H,2-6,9-11H2,1H3. The van der Waals surface area contributed by atoms with Crippen molar-refractivity contribution in [1.29, 1.82) is 0 Å². The van der Waals surface area contributed by atoms with Gasteiger partial charge in [-0.2, -0.15) is 10.2 Å². The van der Waals surface area contributed by atoms with E-state index in [4.69, 9.17) is 4.74 Å². The zero-order valence-corrected chi connectivity index (χ0v) is 14.5. The molecule has 0 spiro atoms. The first-order chi connectivity index (χ1) is 12.3. The number of aryl methyl sites for hydroxylation is 2. The van der Waals surface area contributed by atoms with Crippen molar-refractivity contribution < 1.29 is 4.74 Å². The first-order valence-corrected chi connectivity index (χ1v) is 9.04. The van der Waals surface area contributed by atoms with Gasteiger partial charge in [-0.1, -0.05) is 0 Å². The highest BCUT2D eigenvalue weighted by atomic mass is 16.5. The summed E-state index contributed by atoms with van der Waals surface area (Å²) in [5.41, 5.74) is 4.81. The van der Waals surface area contributed by atoms with Gasteiger partial charge in [-0.05, 0) is 37.0 Å². The molecular weight excluding hydrogens is 316 g/mol. The minimum absolute atomic E-state index is 0.423. The number of anilines is 2. The van der Waals surface area contributed by atoms with E-state index in [0.717, 1.165) is 56.3 Å². The van der Waals surface area contributed by atoms with E-state index in [-0.39, 0.29) is 0 Å². The minimum Gasteiger partial charge on any atom is -0.376 e. The molecule has 7 heteroatoms. The van der Waals surface area contributed by atoms with Gasteiger partial charge in [-0.3, -0.25) is 0 Å². The van der Waals surface area contributed by atoms with Crippen molar-refractivity contribution >= 4 is 11.6 Å². The molecule has 0 saturated carbocycles. The molecule has 0 amide bonds. The van der Waals surface area contributed by atoms with Crippen LogP contribution in [0.2, 0.25) is 0 Å². The molecule has 2 aromatic rings. The quantitative estimate of drug-likeness (QED) is 0.832. The van der Waals surface area contributed by atoms with Crippen LogP contribution in [0, 0.1) is 0 Å². The van der Waals surface area contributed by atoms with E-state index in [2.05, 4.69) is 49.4 Å². The van der Waals surface area contributed by atoms with Gasteiger partial charge in [0.25, 0.3) is 0 Å². The molecule has 1 aliphatic carbocycles. The van der Waals surface area contributed by atoms with Gasteiger partial charge in [-0.25, -0.2) is 0 Å². The fourth-order valence-electron chi connectivity index (χ4n) is 3.85. The fourth-order valence-corrected chi connectivity index (χ4v) is 3.85. The molecule has 0 aromatic carbocycles. The molecular formula is C18H22N6O. The Morgan fingerprint density at radius 3 is 2.76 bits per heavy atom. The molecule has 25 heavy (non-hydrogen) atoms. The van der Waals surface area contributed by atoms with Crippen molar-refractivity contribution in [3.63, 3.8) is 0 Å². The normalized spacial score (nSPS) is 19.3. The third kappa shape index (κ3) is 2.63. The van der Waals surface area contributed by atoms with Gasteiger partial charge >= 0.3 is 0 Å². The molecule has 2 aliphatic heterocycles. The second-order valence-corrected chi connectivity index (χ2v) is 7.17. The van der Waals surface area contributed by atoms with E-state index < -0.39 is 0 Å². The topological polar surface area (TPSA) is 67.3 Å². The Bertz CT molecular complexity index is 804. The van der Waals surface area contributed by atoms with Gasteiger partial charge < -0.3 is 14.5 Å². The lowest BCUT2D eigenvalue weighted by Gasteiger charge is -2.44. The zero-order chi connectivity index (χ0) is 16.8. The number of nitrogens with zero attached hydrogens (tertiary/aromatic N) is 6. The van der Waals surface area contributed by atoms with Gasteiger partial charge in [0, 0.05) is 32.1 Å². The van der Waals surface area contributed by atoms with Crippen molar-refractivity contribution in [2.75, 3.05) is 36.5 Å². The van der Waals surface area contributed by atoms with Crippen LogP contribution in [-0.4, -0.2) is 53.2 Å². The Morgan fingerprint density at radius 2 is 1.84 bits per heavy atom. The molecule has 7 nitrogen and oxygen atoms in total. The van der Waals surface area contributed by atoms with Crippen molar-refractivity contribution in [2.45, 2.75) is 38.3 Å². The summed E-state index contributed by atoms with van der Waals surface area (Å²) >= 11 is 0. The number of fused-ring (bicyclic) bond motifs is 2. The van der Waals surface area contributed by atoms with Crippen molar-refractivity contribution in [1.82, 2.24) is 20.4 Å². The maximum absolute atomic E-state index is 5.53. The van der Waals surface area contributed by atoms with Crippen molar-refractivity contribution in [3.8, 4) is 0 Å². The third-order valence-corrected chi connectivity index (χ3v) is 5.59. The Balaban J connectivity index is 1.27. The van der Waals surface area contributed by atoms with E-state index in [0.29, 0.717) is 12.6 Å². The van der Waals surface area contributed by atoms with E-state index in [1.807, 2.05) is 0 Å². The largest absolute Gasteiger partial charge is 0.376 e. The van der Waals surface area contributed by atoms with Crippen LogP contribution in [0.3, 0.4) is 0 Å². The molecule has 0 N–H and O–H groups in total. The van der Waals surface area contributed by atoms with Crippen LogP contribution in [0.4, 0.5) is 11.6 Å². The Morgan fingerprint density at radius 1 is 1.00 bits per heavy atom. The summed E-state index contributed by atoms with van der Waals surface area (Å²) in [7, 11) is 2.09. The lowest BCUT2D eigenvalue weighted by Crippen LogP contribution is -2.59. The molecule has 0 radical (unpaired) electrons. The van der Waals surface area contributed by atoms with Gasteiger partial charge in [0.2, 0.25) is 0 Å². The molecule has 4 heterocycles. The van der Waals surface area contributed by atoms with Gasteiger partial charge in [0.15, 0.2) is 11.6 Å². The van der Waals surface area contributed by atoms with Crippen LogP contribution >= 0.6 is 0 Å². The van der Waals surface area contributed by atoms with Gasteiger partial charge in [0.05, 0.1) is 30.6 Å². The number of ether oxygens (including phenoxy) is 1. The minimum atomic E-state index is 0.423. The third-order valence-electron chi connectivity index (χ3n) is 5.59. The van der Waals surface area contributed by atoms with Crippen molar-refractivity contribution in [3.05, 3.63) is 34.6 Å². The predicted octanol–water partition coefficient (Wildman–Crippen LogP) is 1.15. The second-order valence-electron chi connectivity index (χ2n) is 7.17. The second kappa shape index (κ2) is 5.91. The van der Waals surface area contributed by atoms with E-state index in [1.54, 1.807) is 0 Å². The van der Waals surface area contributed by atoms with Crippen molar-refractivity contribution in [2.24, 2.45) is 0 Å². The Labute approximate surface area is 147 Å². The molecule has 130 valence electrons. The summed E-state index contributed by atoms with van der Waals surface area (Å²) in [6.07, 6.45) is 4.29. The summed E-state index contributed by atoms with van der Waals surface area (Å²) in [6, 6.07) is 4.77. The lowest BCUT2D eigenvalue weighted by atomic mass is 10.1. The van der Waals surface area contributed by atoms with E-state index in [9.17, 15) is 0 Å². The number of aromatic nitrogens is 4. The fraction of sp³-hybridized carbons (Fsp3) is 0.556. The summed E-state index contributed by atoms with van der Waals surface area (Å²) in [5, 5.41) is 17.6. The highest BCUT2D eigenvalue weighted by Crippen LogP contribution is 2.28. The summed E-state index contributed by atoms with van der Waals surface area (Å²) in [4.78, 5) is 4.51. The SMILES string of the molecule is CN(c1cc2c(nn1)CCOC2)C1CN(c2cc3c(nn2)CCC3)C1. The number of hydrogen-bond donors (Lipinski definition) is 0. The molecule has 1 saturated heterocycles. The van der Waals surface area contributed by atoms with E-state index >= 15 is 0 Å². The van der Waals surface area contributed by atoms with Crippen LogP contribution in [-0.2, 0) is 30.6 Å². The van der Waals surface area contributed by atoms with Crippen LogP contribution in [0.25, 0.3) is 0 Å². The first kappa shape index (κ1) is 15.0. The molecule has 5 rings (SSSR count). The van der Waals surface area contributed by atoms with Crippen LogP contribution < -0.4 is 9.80 Å². The number of rotatable bonds is 3. The first-order valence-electron chi connectivity index (χ1n) is 9.04. The molecule has 1 fully saturated rings. The Hall–Kier alpha value is -2.28. The average molecular weight is 338 g/mol. The van der Waals surface area contributed by atoms with Gasteiger partial charge in [0.1, 0.15) is 0 Å². The molecule has 0 bridgehead atoms. The lowest BCUT2D eigenvalue weighted by molar-refractivity contribution is 0.109. The average Bonchev–Trinajstić information content (AvgIpc) is 3.08. The maximum Gasteiger partial charge on any atom is 0.151 e. The molecule has 3 aliphatic rings. The summed E-state index contributed by atoms with van der Waals surface area (Å²) in [6.45, 7) is 3.28. The maximum atomic E-state index is 5.53. The van der Waals surface area contributed by atoms with Crippen LogP contribution in [0.15, 0.2) is 12.1 Å². The molecule has 2 aromatic heterocycles. The van der Waals surface area contributed by atoms with Gasteiger partial charge in [-0.15, -0.1) is 10.2 Å². The zero-order valence-electron chi connectivity index (χ0n) is 14.5. The van der Waals surface area contributed by atoms with E-state index in [1.165, 1.54) is 23.2 Å². The summed E-state index contributed by atoms with van der Waals surface area (Å²) < 4.78 is 5.53. The highest BCUT2D eigenvalue weighted by Gasteiger charge is 2.33.